The minimum absolute atomic E-state index is 0.000598. The van der Waals surface area contributed by atoms with E-state index in [1.165, 1.54) is 6.42 Å². The number of likely N-dealkylation sites (tertiary alicyclic amines) is 1. The van der Waals surface area contributed by atoms with Crippen molar-refractivity contribution in [2.75, 3.05) is 52.7 Å². The molecule has 0 spiro atoms. The molecule has 2 aliphatic heterocycles. The SMILES string of the molecule is CCO[C@H]1OC(C(=O)N2CCCCCCC2)=C[C@@H](c2coc3ccccc23)[C@@H]1CCOCCOCCO. The van der Waals surface area contributed by atoms with Crippen molar-refractivity contribution in [1.82, 2.24) is 4.90 Å². The average molecular weight is 516 g/mol. The van der Waals surface area contributed by atoms with Gasteiger partial charge in [-0.15, -0.1) is 0 Å². The summed E-state index contributed by atoms with van der Waals surface area (Å²) in [6.45, 7) is 5.61. The summed E-state index contributed by atoms with van der Waals surface area (Å²) in [6.07, 6.45) is 9.47. The quantitative estimate of drug-likeness (QED) is 0.413. The van der Waals surface area contributed by atoms with Crippen molar-refractivity contribution >= 4 is 16.9 Å². The van der Waals surface area contributed by atoms with Crippen molar-refractivity contribution in [3.63, 3.8) is 0 Å². The average Bonchev–Trinajstić information content (AvgIpc) is 3.32. The Labute approximate surface area is 219 Å². The van der Waals surface area contributed by atoms with E-state index in [2.05, 4.69) is 6.07 Å². The molecule has 0 unspecified atom stereocenters. The zero-order valence-corrected chi connectivity index (χ0v) is 21.9. The predicted octanol–water partition coefficient (Wildman–Crippen LogP) is 4.62. The van der Waals surface area contributed by atoms with Gasteiger partial charge < -0.3 is 33.4 Å². The molecule has 1 amide bonds. The first kappa shape index (κ1) is 27.6. The zero-order chi connectivity index (χ0) is 25.9. The van der Waals surface area contributed by atoms with Crippen molar-refractivity contribution in [3.05, 3.63) is 47.9 Å². The minimum Gasteiger partial charge on any atom is -0.464 e. The van der Waals surface area contributed by atoms with Gasteiger partial charge in [-0.2, -0.15) is 0 Å². The Bertz CT molecular complexity index is 995. The number of allylic oxidation sites excluding steroid dienone is 1. The highest BCUT2D eigenvalue weighted by Gasteiger charge is 2.40. The maximum Gasteiger partial charge on any atom is 0.288 e. The molecule has 1 N–H and O–H groups in total. The molecule has 1 saturated heterocycles. The monoisotopic (exact) mass is 515 g/mol. The Morgan fingerprint density at radius 2 is 1.76 bits per heavy atom. The fourth-order valence-corrected chi connectivity index (χ4v) is 5.26. The number of hydrogen-bond donors (Lipinski definition) is 1. The van der Waals surface area contributed by atoms with Crippen LogP contribution < -0.4 is 0 Å². The molecule has 8 nitrogen and oxygen atoms in total. The number of amides is 1. The van der Waals surface area contributed by atoms with Crippen molar-refractivity contribution in [1.29, 1.82) is 0 Å². The Kier molecular flexibility index (Phi) is 10.8. The number of nitrogens with zero attached hydrogens (tertiary/aromatic N) is 1. The molecule has 2 aromatic rings. The van der Waals surface area contributed by atoms with E-state index in [4.69, 9.17) is 28.5 Å². The molecule has 1 fully saturated rings. The summed E-state index contributed by atoms with van der Waals surface area (Å²) >= 11 is 0. The van der Waals surface area contributed by atoms with Crippen LogP contribution in [0, 0.1) is 5.92 Å². The molecule has 37 heavy (non-hydrogen) atoms. The van der Waals surface area contributed by atoms with E-state index in [1.807, 2.05) is 36.1 Å². The van der Waals surface area contributed by atoms with Gasteiger partial charge in [-0.3, -0.25) is 4.79 Å². The third kappa shape index (κ3) is 7.35. The summed E-state index contributed by atoms with van der Waals surface area (Å²) in [4.78, 5) is 15.6. The molecule has 8 heteroatoms. The molecular weight excluding hydrogens is 474 g/mol. The second-order valence-electron chi connectivity index (χ2n) is 9.65. The third-order valence-corrected chi connectivity index (χ3v) is 7.14. The Hall–Kier alpha value is -2.39. The normalized spacial score (nSPS) is 22.8. The molecule has 4 rings (SSSR count). The lowest BCUT2D eigenvalue weighted by atomic mass is 9.81. The highest BCUT2D eigenvalue weighted by atomic mass is 16.7. The van der Waals surface area contributed by atoms with E-state index in [9.17, 15) is 4.79 Å². The van der Waals surface area contributed by atoms with Gasteiger partial charge in [0.15, 0.2) is 5.76 Å². The van der Waals surface area contributed by atoms with Gasteiger partial charge in [0.1, 0.15) is 5.58 Å². The second-order valence-corrected chi connectivity index (χ2v) is 9.65. The molecule has 2 aliphatic rings. The number of carbonyl (C=O) groups excluding carboxylic acids is 1. The molecule has 3 heterocycles. The van der Waals surface area contributed by atoms with E-state index >= 15 is 0 Å². The van der Waals surface area contributed by atoms with Gasteiger partial charge in [0.2, 0.25) is 6.29 Å². The maximum atomic E-state index is 13.6. The number of fused-ring (bicyclic) bond motifs is 1. The molecule has 3 atom stereocenters. The van der Waals surface area contributed by atoms with Crippen LogP contribution in [0.15, 0.2) is 46.8 Å². The van der Waals surface area contributed by atoms with Gasteiger partial charge in [0.05, 0.1) is 32.7 Å². The van der Waals surface area contributed by atoms with Crippen LogP contribution in [0.25, 0.3) is 11.0 Å². The van der Waals surface area contributed by atoms with Crippen LogP contribution >= 0.6 is 0 Å². The minimum atomic E-state index is -0.573. The van der Waals surface area contributed by atoms with E-state index in [1.54, 1.807) is 6.26 Å². The summed E-state index contributed by atoms with van der Waals surface area (Å²) in [5.41, 5.74) is 1.84. The maximum absolute atomic E-state index is 13.6. The molecule has 204 valence electrons. The van der Waals surface area contributed by atoms with Crippen LogP contribution in [-0.4, -0.2) is 74.9 Å². The van der Waals surface area contributed by atoms with Gasteiger partial charge in [-0.25, -0.2) is 0 Å². The van der Waals surface area contributed by atoms with Crippen LogP contribution in [0.5, 0.6) is 0 Å². The highest BCUT2D eigenvalue weighted by molar-refractivity contribution is 5.92. The molecule has 0 radical (unpaired) electrons. The summed E-state index contributed by atoms with van der Waals surface area (Å²) < 4.78 is 29.4. The van der Waals surface area contributed by atoms with Crippen molar-refractivity contribution < 1.29 is 33.3 Å². The number of hydrogen-bond acceptors (Lipinski definition) is 7. The number of para-hydroxylation sites is 1. The van der Waals surface area contributed by atoms with Crippen molar-refractivity contribution in [2.45, 2.75) is 57.7 Å². The van der Waals surface area contributed by atoms with E-state index in [-0.39, 0.29) is 24.3 Å². The van der Waals surface area contributed by atoms with Gasteiger partial charge in [-0.05, 0) is 38.3 Å². The Balaban J connectivity index is 1.58. The summed E-state index contributed by atoms with van der Waals surface area (Å²) in [5.74, 6) is 0.115. The molecule has 1 aromatic carbocycles. The summed E-state index contributed by atoms with van der Waals surface area (Å²) in [6, 6.07) is 7.97. The lowest BCUT2D eigenvalue weighted by Crippen LogP contribution is -2.41. The topological polar surface area (TPSA) is 90.6 Å². The van der Waals surface area contributed by atoms with E-state index in [0.29, 0.717) is 45.2 Å². The lowest BCUT2D eigenvalue weighted by molar-refractivity contribution is -0.172. The predicted molar refractivity (Wildman–Crippen MR) is 140 cm³/mol. The zero-order valence-electron chi connectivity index (χ0n) is 21.9. The molecule has 0 bridgehead atoms. The van der Waals surface area contributed by atoms with Crippen LogP contribution in [-0.2, 0) is 23.7 Å². The van der Waals surface area contributed by atoms with Crippen LogP contribution in [0.2, 0.25) is 0 Å². The Morgan fingerprint density at radius 1 is 1.03 bits per heavy atom. The van der Waals surface area contributed by atoms with Crippen LogP contribution in [0.4, 0.5) is 0 Å². The van der Waals surface area contributed by atoms with Gasteiger partial charge in [0, 0.05) is 49.1 Å². The summed E-state index contributed by atoms with van der Waals surface area (Å²) in [7, 11) is 0. The van der Waals surface area contributed by atoms with Crippen molar-refractivity contribution in [3.8, 4) is 0 Å². The number of rotatable bonds is 12. The standard InChI is InChI=1S/C29H41NO7/c1-2-35-29-23(12-16-33-18-19-34-17-15-31)24(25-21-36-26-11-7-6-10-22(25)26)20-27(37-29)28(32)30-13-8-4-3-5-9-14-30/h6-7,10-11,20-21,23-24,29,31H,2-5,8-9,12-19H2,1H3/t23-,24+,29-/m0/s1. The molecule has 0 saturated carbocycles. The third-order valence-electron chi connectivity index (χ3n) is 7.14. The largest absolute Gasteiger partial charge is 0.464 e. The van der Waals surface area contributed by atoms with Crippen LogP contribution in [0.1, 0.15) is 56.9 Å². The summed E-state index contributed by atoms with van der Waals surface area (Å²) in [5, 5.41) is 9.88. The first-order chi connectivity index (χ1) is 18.2. The van der Waals surface area contributed by atoms with Gasteiger partial charge in [0.25, 0.3) is 5.91 Å². The lowest BCUT2D eigenvalue weighted by Gasteiger charge is -2.38. The Morgan fingerprint density at radius 3 is 2.51 bits per heavy atom. The number of aliphatic hydroxyl groups excluding tert-OH is 1. The van der Waals surface area contributed by atoms with Crippen LogP contribution in [0.3, 0.4) is 0 Å². The van der Waals surface area contributed by atoms with Gasteiger partial charge in [-0.1, -0.05) is 37.5 Å². The second kappa shape index (κ2) is 14.5. The highest BCUT2D eigenvalue weighted by Crippen LogP contribution is 2.42. The number of furan rings is 1. The molecule has 0 aliphatic carbocycles. The van der Waals surface area contributed by atoms with Crippen molar-refractivity contribution in [2.24, 2.45) is 5.92 Å². The smallest absolute Gasteiger partial charge is 0.288 e. The number of carbonyl (C=O) groups is 1. The fraction of sp³-hybridized carbons (Fsp3) is 0.621. The number of benzene rings is 1. The first-order valence-electron chi connectivity index (χ1n) is 13.7. The van der Waals surface area contributed by atoms with E-state index in [0.717, 1.165) is 55.3 Å². The molecule has 1 aromatic heterocycles. The van der Waals surface area contributed by atoms with E-state index < -0.39 is 6.29 Å². The first-order valence-corrected chi connectivity index (χ1v) is 13.7. The molecular formula is C29H41NO7. The van der Waals surface area contributed by atoms with Gasteiger partial charge >= 0.3 is 0 Å². The number of aliphatic hydroxyl groups is 1. The number of ether oxygens (including phenoxy) is 4. The fourth-order valence-electron chi connectivity index (χ4n) is 5.26.